The normalized spacial score (nSPS) is 10.2. The van der Waals surface area contributed by atoms with E-state index in [9.17, 15) is 9.59 Å². The molecule has 2 amide bonds. The predicted molar refractivity (Wildman–Crippen MR) is 78.6 cm³/mol. The van der Waals surface area contributed by atoms with Crippen LogP contribution >= 0.6 is 15.9 Å². The van der Waals surface area contributed by atoms with Gasteiger partial charge in [0.05, 0.1) is 12.1 Å². The molecule has 1 aromatic carbocycles. The number of hydrogen-bond acceptors (Lipinski definition) is 3. The van der Waals surface area contributed by atoms with Crippen LogP contribution in [0.15, 0.2) is 22.7 Å². The number of unbranched alkanes of at least 4 members (excludes halogenated alkanes) is 1. The second kappa shape index (κ2) is 7.13. The number of carbonyl (C=O) groups excluding carboxylic acids is 2. The standard InChI is InChI=1S/C13H18BrN3O2/c1-2-3-6-17(8-12(16)18)13(19)10-7-9(14)4-5-11(10)15/h4-5,7H,2-3,6,8,15H2,1H3,(H2,16,18). The number of nitrogens with two attached hydrogens (primary N) is 2. The van der Waals surface area contributed by atoms with E-state index in [0.717, 1.165) is 17.3 Å². The SMILES string of the molecule is CCCCN(CC(N)=O)C(=O)c1cc(Br)ccc1N. The van der Waals surface area contributed by atoms with E-state index in [2.05, 4.69) is 15.9 Å². The van der Waals surface area contributed by atoms with Gasteiger partial charge in [0, 0.05) is 16.7 Å². The van der Waals surface area contributed by atoms with Gasteiger partial charge in [-0.2, -0.15) is 0 Å². The van der Waals surface area contributed by atoms with Crippen LogP contribution in [0.1, 0.15) is 30.1 Å². The van der Waals surface area contributed by atoms with Crippen LogP contribution in [-0.4, -0.2) is 29.8 Å². The maximum atomic E-state index is 12.4. The van der Waals surface area contributed by atoms with Gasteiger partial charge in [-0.25, -0.2) is 0 Å². The fraction of sp³-hybridized carbons (Fsp3) is 0.385. The fourth-order valence-electron chi connectivity index (χ4n) is 1.67. The van der Waals surface area contributed by atoms with E-state index >= 15 is 0 Å². The quantitative estimate of drug-likeness (QED) is 0.780. The number of nitrogen functional groups attached to an aromatic ring is 1. The summed E-state index contributed by atoms with van der Waals surface area (Å²) in [7, 11) is 0. The van der Waals surface area contributed by atoms with Gasteiger partial charge in [-0.3, -0.25) is 9.59 Å². The summed E-state index contributed by atoms with van der Waals surface area (Å²) in [5.41, 5.74) is 11.7. The number of rotatable bonds is 6. The highest BCUT2D eigenvalue weighted by Gasteiger charge is 2.19. The monoisotopic (exact) mass is 327 g/mol. The Morgan fingerprint density at radius 1 is 1.37 bits per heavy atom. The van der Waals surface area contributed by atoms with Crippen LogP contribution in [0.2, 0.25) is 0 Å². The van der Waals surface area contributed by atoms with E-state index in [1.807, 2.05) is 6.92 Å². The van der Waals surface area contributed by atoms with Crippen molar-refractivity contribution < 1.29 is 9.59 Å². The van der Waals surface area contributed by atoms with Crippen LogP contribution in [0.25, 0.3) is 0 Å². The maximum absolute atomic E-state index is 12.4. The largest absolute Gasteiger partial charge is 0.398 e. The highest BCUT2D eigenvalue weighted by Crippen LogP contribution is 2.20. The first-order chi connectivity index (χ1) is 8.95. The van der Waals surface area contributed by atoms with Gasteiger partial charge in [0.15, 0.2) is 0 Å². The molecule has 0 unspecified atom stereocenters. The zero-order valence-corrected chi connectivity index (χ0v) is 12.4. The fourth-order valence-corrected chi connectivity index (χ4v) is 2.03. The first-order valence-electron chi connectivity index (χ1n) is 6.08. The van der Waals surface area contributed by atoms with Crippen molar-refractivity contribution in [3.05, 3.63) is 28.2 Å². The first kappa shape index (κ1) is 15.5. The molecule has 0 atom stereocenters. The number of carbonyl (C=O) groups is 2. The molecule has 0 bridgehead atoms. The van der Waals surface area contributed by atoms with Gasteiger partial charge >= 0.3 is 0 Å². The third kappa shape index (κ3) is 4.55. The van der Waals surface area contributed by atoms with Crippen molar-refractivity contribution in [2.45, 2.75) is 19.8 Å². The van der Waals surface area contributed by atoms with Gasteiger partial charge in [-0.15, -0.1) is 0 Å². The summed E-state index contributed by atoms with van der Waals surface area (Å²) >= 11 is 3.30. The summed E-state index contributed by atoms with van der Waals surface area (Å²) in [6.07, 6.45) is 1.74. The van der Waals surface area contributed by atoms with E-state index in [4.69, 9.17) is 11.5 Å². The predicted octanol–water partition coefficient (Wildman–Crippen LogP) is 1.76. The Hall–Kier alpha value is -1.56. The van der Waals surface area contributed by atoms with Gasteiger partial charge in [0.2, 0.25) is 5.91 Å². The average Bonchev–Trinajstić information content (AvgIpc) is 2.36. The molecule has 0 aliphatic heterocycles. The van der Waals surface area contributed by atoms with Crippen molar-refractivity contribution >= 4 is 33.4 Å². The van der Waals surface area contributed by atoms with Crippen molar-refractivity contribution in [1.82, 2.24) is 4.90 Å². The molecule has 104 valence electrons. The zero-order chi connectivity index (χ0) is 14.4. The minimum absolute atomic E-state index is 0.0925. The molecule has 0 aromatic heterocycles. The van der Waals surface area contributed by atoms with E-state index < -0.39 is 5.91 Å². The number of hydrogen-bond donors (Lipinski definition) is 2. The number of anilines is 1. The van der Waals surface area contributed by atoms with Crippen molar-refractivity contribution in [3.8, 4) is 0 Å². The molecule has 4 N–H and O–H groups in total. The van der Waals surface area contributed by atoms with Crippen LogP contribution in [0, 0.1) is 0 Å². The lowest BCUT2D eigenvalue weighted by molar-refractivity contribution is -0.118. The molecule has 0 spiro atoms. The molecule has 0 saturated carbocycles. The lowest BCUT2D eigenvalue weighted by atomic mass is 10.1. The Morgan fingerprint density at radius 3 is 2.63 bits per heavy atom. The molecule has 0 fully saturated rings. The Balaban J connectivity index is 2.97. The third-order valence-corrected chi connectivity index (χ3v) is 3.15. The third-order valence-electron chi connectivity index (χ3n) is 2.66. The van der Waals surface area contributed by atoms with E-state index in [-0.39, 0.29) is 12.5 Å². The van der Waals surface area contributed by atoms with Crippen LogP contribution in [0.5, 0.6) is 0 Å². The number of benzene rings is 1. The maximum Gasteiger partial charge on any atom is 0.256 e. The van der Waals surface area contributed by atoms with Crippen molar-refractivity contribution in [3.63, 3.8) is 0 Å². The van der Waals surface area contributed by atoms with Gasteiger partial charge in [-0.05, 0) is 24.6 Å². The van der Waals surface area contributed by atoms with Crippen LogP contribution in [0.3, 0.4) is 0 Å². The van der Waals surface area contributed by atoms with Crippen molar-refractivity contribution in [2.24, 2.45) is 5.73 Å². The van der Waals surface area contributed by atoms with Gasteiger partial charge in [-0.1, -0.05) is 29.3 Å². The number of amides is 2. The van der Waals surface area contributed by atoms with E-state index in [0.29, 0.717) is 17.8 Å². The summed E-state index contributed by atoms with van der Waals surface area (Å²) in [6.45, 7) is 2.41. The second-order valence-electron chi connectivity index (χ2n) is 4.28. The molecule has 0 heterocycles. The first-order valence-corrected chi connectivity index (χ1v) is 6.87. The Morgan fingerprint density at radius 2 is 2.05 bits per heavy atom. The van der Waals surface area contributed by atoms with E-state index in [1.54, 1.807) is 18.2 Å². The molecule has 6 heteroatoms. The lowest BCUT2D eigenvalue weighted by Gasteiger charge is -2.21. The summed E-state index contributed by atoms with van der Waals surface area (Å²) in [6, 6.07) is 5.06. The molecule has 0 aliphatic carbocycles. The Bertz CT molecular complexity index is 477. The molecule has 1 rings (SSSR count). The average molecular weight is 328 g/mol. The summed E-state index contributed by atoms with van der Waals surface area (Å²) < 4.78 is 0.763. The second-order valence-corrected chi connectivity index (χ2v) is 5.19. The van der Waals surface area contributed by atoms with Gasteiger partial charge < -0.3 is 16.4 Å². The topological polar surface area (TPSA) is 89.4 Å². The minimum Gasteiger partial charge on any atom is -0.398 e. The summed E-state index contributed by atoms with van der Waals surface area (Å²) in [5, 5.41) is 0. The Kier molecular flexibility index (Phi) is 5.82. The van der Waals surface area contributed by atoms with Gasteiger partial charge in [0.25, 0.3) is 5.91 Å². The summed E-state index contributed by atoms with van der Waals surface area (Å²) in [5.74, 6) is -0.802. The molecule has 0 saturated heterocycles. The lowest BCUT2D eigenvalue weighted by Crippen LogP contribution is -2.39. The summed E-state index contributed by atoms with van der Waals surface area (Å²) in [4.78, 5) is 24.9. The molecular formula is C13H18BrN3O2. The van der Waals surface area contributed by atoms with Crippen molar-refractivity contribution in [2.75, 3.05) is 18.8 Å². The number of nitrogens with zero attached hydrogens (tertiary/aromatic N) is 1. The molecule has 0 aliphatic rings. The number of primary amides is 1. The molecular weight excluding hydrogens is 310 g/mol. The molecule has 5 nitrogen and oxygen atoms in total. The van der Waals surface area contributed by atoms with Crippen molar-refractivity contribution in [1.29, 1.82) is 0 Å². The van der Waals surface area contributed by atoms with E-state index in [1.165, 1.54) is 4.90 Å². The highest BCUT2D eigenvalue weighted by atomic mass is 79.9. The Labute approximate surface area is 121 Å². The highest BCUT2D eigenvalue weighted by molar-refractivity contribution is 9.10. The molecule has 1 aromatic rings. The van der Waals surface area contributed by atoms with Crippen LogP contribution < -0.4 is 11.5 Å². The van der Waals surface area contributed by atoms with Crippen LogP contribution in [-0.2, 0) is 4.79 Å². The molecule has 19 heavy (non-hydrogen) atoms. The van der Waals surface area contributed by atoms with Crippen LogP contribution in [0.4, 0.5) is 5.69 Å². The number of halogens is 1. The minimum atomic E-state index is -0.530. The smallest absolute Gasteiger partial charge is 0.256 e. The zero-order valence-electron chi connectivity index (χ0n) is 10.9. The van der Waals surface area contributed by atoms with Gasteiger partial charge in [0.1, 0.15) is 0 Å². The molecule has 0 radical (unpaired) electrons.